The molecule has 16 heavy (non-hydrogen) atoms. The van der Waals surface area contributed by atoms with Gasteiger partial charge in [-0.25, -0.2) is 0 Å². The van der Waals surface area contributed by atoms with Crippen LogP contribution in [0.4, 0.5) is 0 Å². The minimum absolute atomic E-state index is 0.0326. The van der Waals surface area contributed by atoms with Gasteiger partial charge in [-0.15, -0.1) is 0 Å². The zero-order valence-electron chi connectivity index (χ0n) is 9.26. The van der Waals surface area contributed by atoms with Crippen molar-refractivity contribution in [2.75, 3.05) is 5.75 Å². The molecule has 2 heterocycles. The summed E-state index contributed by atoms with van der Waals surface area (Å²) < 4.78 is 5.28. The van der Waals surface area contributed by atoms with Crippen molar-refractivity contribution in [1.82, 2.24) is 10.1 Å². The van der Waals surface area contributed by atoms with Gasteiger partial charge < -0.3 is 10.3 Å². The van der Waals surface area contributed by atoms with Gasteiger partial charge in [-0.3, -0.25) is 0 Å². The van der Waals surface area contributed by atoms with Crippen LogP contribution >= 0.6 is 11.8 Å². The summed E-state index contributed by atoms with van der Waals surface area (Å²) in [6.45, 7) is 0. The molecule has 5 heteroatoms. The maximum atomic E-state index is 6.04. The predicted octanol–water partition coefficient (Wildman–Crippen LogP) is 2.44. The highest BCUT2D eigenvalue weighted by atomic mass is 32.2. The summed E-state index contributed by atoms with van der Waals surface area (Å²) in [4.78, 5) is 4.47. The van der Waals surface area contributed by atoms with Gasteiger partial charge in [-0.05, 0) is 37.4 Å². The molecular weight excluding hydrogens is 222 g/mol. The third-order valence-electron chi connectivity index (χ3n) is 3.34. The highest BCUT2D eigenvalue weighted by Crippen LogP contribution is 2.40. The van der Waals surface area contributed by atoms with Crippen molar-refractivity contribution in [1.29, 1.82) is 0 Å². The molecule has 4 nitrogen and oxygen atoms in total. The number of rotatable bonds is 3. The lowest BCUT2D eigenvalue weighted by Crippen LogP contribution is -2.13. The lowest BCUT2D eigenvalue weighted by Gasteiger charge is -2.17. The molecule has 1 aromatic rings. The van der Waals surface area contributed by atoms with E-state index in [9.17, 15) is 0 Å². The highest BCUT2D eigenvalue weighted by molar-refractivity contribution is 7.99. The van der Waals surface area contributed by atoms with Gasteiger partial charge in [0.15, 0.2) is 5.82 Å². The van der Waals surface area contributed by atoms with Crippen molar-refractivity contribution in [2.45, 2.75) is 43.4 Å². The molecular formula is C11H17N3OS. The van der Waals surface area contributed by atoms with Gasteiger partial charge in [-0.2, -0.15) is 16.7 Å². The van der Waals surface area contributed by atoms with Gasteiger partial charge >= 0.3 is 0 Å². The van der Waals surface area contributed by atoms with E-state index >= 15 is 0 Å². The van der Waals surface area contributed by atoms with E-state index in [0.717, 1.165) is 5.82 Å². The van der Waals surface area contributed by atoms with Crippen LogP contribution in [0.3, 0.4) is 0 Å². The van der Waals surface area contributed by atoms with Gasteiger partial charge in [0.25, 0.3) is 0 Å². The molecule has 1 saturated carbocycles. The zero-order valence-corrected chi connectivity index (χ0v) is 10.1. The summed E-state index contributed by atoms with van der Waals surface area (Å²) in [5.74, 6) is 3.29. The number of nitrogens with two attached hydrogens (primary N) is 1. The minimum atomic E-state index is -0.0326. The Morgan fingerprint density at radius 1 is 1.31 bits per heavy atom. The van der Waals surface area contributed by atoms with E-state index in [0.29, 0.717) is 17.1 Å². The van der Waals surface area contributed by atoms with Gasteiger partial charge in [0.2, 0.25) is 5.89 Å². The van der Waals surface area contributed by atoms with Crippen LogP contribution in [-0.2, 0) is 0 Å². The maximum Gasteiger partial charge on any atom is 0.243 e. The van der Waals surface area contributed by atoms with E-state index in [1.54, 1.807) is 0 Å². The summed E-state index contributed by atoms with van der Waals surface area (Å²) in [5.41, 5.74) is 6.04. The fraction of sp³-hybridized carbons (Fsp3) is 0.818. The number of hydrogen-bond donors (Lipinski definition) is 1. The lowest BCUT2D eigenvalue weighted by atomic mass is 10.2. The average molecular weight is 239 g/mol. The van der Waals surface area contributed by atoms with Crippen LogP contribution in [0.15, 0.2) is 4.52 Å². The molecule has 0 amide bonds. The molecule has 1 aliphatic heterocycles. The number of aromatic nitrogens is 2. The van der Waals surface area contributed by atoms with Crippen molar-refractivity contribution in [2.24, 2.45) is 11.7 Å². The van der Waals surface area contributed by atoms with Gasteiger partial charge in [0.1, 0.15) is 0 Å². The Morgan fingerprint density at radius 3 is 2.88 bits per heavy atom. The van der Waals surface area contributed by atoms with Gasteiger partial charge in [-0.1, -0.05) is 11.6 Å². The number of thioether (sulfide) groups is 1. The predicted molar refractivity (Wildman–Crippen MR) is 63.0 cm³/mol. The third kappa shape index (κ3) is 2.11. The molecule has 0 aromatic carbocycles. The van der Waals surface area contributed by atoms with Crippen LogP contribution in [-0.4, -0.2) is 15.9 Å². The second-order valence-corrected chi connectivity index (χ2v) is 6.02. The molecule has 2 atom stereocenters. The van der Waals surface area contributed by atoms with Crippen LogP contribution in [0.1, 0.15) is 55.1 Å². The van der Waals surface area contributed by atoms with E-state index in [1.165, 1.54) is 37.9 Å². The highest BCUT2D eigenvalue weighted by Gasteiger charge is 2.34. The van der Waals surface area contributed by atoms with Crippen molar-refractivity contribution in [3.63, 3.8) is 0 Å². The third-order valence-corrected chi connectivity index (χ3v) is 4.71. The summed E-state index contributed by atoms with van der Waals surface area (Å²) in [6.07, 6.45) is 6.17. The van der Waals surface area contributed by atoms with Crippen LogP contribution in [0, 0.1) is 5.92 Å². The summed E-state index contributed by atoms with van der Waals surface area (Å²) in [7, 11) is 0. The number of hydrogen-bond acceptors (Lipinski definition) is 5. The quantitative estimate of drug-likeness (QED) is 0.877. The first-order valence-electron chi connectivity index (χ1n) is 6.05. The van der Waals surface area contributed by atoms with E-state index in [4.69, 9.17) is 10.3 Å². The Balaban J connectivity index is 1.70. The molecule has 0 spiro atoms. The van der Waals surface area contributed by atoms with E-state index in [1.807, 2.05) is 11.8 Å². The standard InChI is InChI=1S/C11H17N3OS/c12-9(7-4-5-7)11-13-10(14-15-11)8-3-1-2-6-16-8/h7-9H,1-6,12H2. The Morgan fingerprint density at radius 2 is 2.19 bits per heavy atom. The molecule has 2 aliphatic rings. The fourth-order valence-electron chi connectivity index (χ4n) is 2.11. The van der Waals surface area contributed by atoms with E-state index in [-0.39, 0.29) is 6.04 Å². The molecule has 88 valence electrons. The SMILES string of the molecule is NC(c1nc(C2CCCCS2)no1)C1CC1. The monoisotopic (exact) mass is 239 g/mol. The molecule has 2 unspecified atom stereocenters. The Bertz CT molecular complexity index is 358. The van der Waals surface area contributed by atoms with E-state index in [2.05, 4.69) is 10.1 Å². The minimum Gasteiger partial charge on any atom is -0.338 e. The fourth-order valence-corrected chi connectivity index (χ4v) is 3.35. The largest absolute Gasteiger partial charge is 0.338 e. The van der Waals surface area contributed by atoms with Crippen LogP contribution in [0.25, 0.3) is 0 Å². The molecule has 3 rings (SSSR count). The Labute approximate surface area is 99.4 Å². The number of nitrogens with zero attached hydrogens (tertiary/aromatic N) is 2. The second kappa shape index (κ2) is 4.37. The zero-order chi connectivity index (χ0) is 11.0. The average Bonchev–Trinajstić information content (AvgIpc) is 3.07. The molecule has 1 aliphatic carbocycles. The van der Waals surface area contributed by atoms with Crippen molar-refractivity contribution < 1.29 is 4.52 Å². The molecule has 1 saturated heterocycles. The lowest BCUT2D eigenvalue weighted by molar-refractivity contribution is 0.339. The van der Waals surface area contributed by atoms with Crippen molar-refractivity contribution in [3.8, 4) is 0 Å². The molecule has 1 aromatic heterocycles. The first kappa shape index (κ1) is 10.6. The van der Waals surface area contributed by atoms with Crippen molar-refractivity contribution in [3.05, 3.63) is 11.7 Å². The Kier molecular flexibility index (Phi) is 2.90. The summed E-state index contributed by atoms with van der Waals surface area (Å²) >= 11 is 1.94. The summed E-state index contributed by atoms with van der Waals surface area (Å²) in [6, 6.07) is -0.0326. The van der Waals surface area contributed by atoms with Crippen LogP contribution in [0.2, 0.25) is 0 Å². The molecule has 2 fully saturated rings. The molecule has 0 radical (unpaired) electrons. The molecule has 2 N–H and O–H groups in total. The maximum absolute atomic E-state index is 6.04. The topological polar surface area (TPSA) is 64.9 Å². The molecule has 0 bridgehead atoms. The Hall–Kier alpha value is -0.550. The van der Waals surface area contributed by atoms with Crippen molar-refractivity contribution >= 4 is 11.8 Å². The van der Waals surface area contributed by atoms with E-state index < -0.39 is 0 Å². The second-order valence-electron chi connectivity index (χ2n) is 4.71. The summed E-state index contributed by atoms with van der Waals surface area (Å²) in [5, 5.41) is 4.51. The van der Waals surface area contributed by atoms with Gasteiger partial charge in [0.05, 0.1) is 11.3 Å². The van der Waals surface area contributed by atoms with Crippen LogP contribution < -0.4 is 5.73 Å². The van der Waals surface area contributed by atoms with Gasteiger partial charge in [0, 0.05) is 0 Å². The first-order valence-corrected chi connectivity index (χ1v) is 7.10. The first-order chi connectivity index (χ1) is 7.84. The van der Waals surface area contributed by atoms with Crippen LogP contribution in [0.5, 0.6) is 0 Å². The smallest absolute Gasteiger partial charge is 0.243 e. The normalized spacial score (nSPS) is 27.9.